The van der Waals surface area contributed by atoms with Crippen molar-refractivity contribution in [2.75, 3.05) is 32.0 Å². The molecule has 0 atom stereocenters. The van der Waals surface area contributed by atoms with Gasteiger partial charge in [-0.2, -0.15) is 0 Å². The van der Waals surface area contributed by atoms with Gasteiger partial charge < -0.3 is 15.5 Å². The van der Waals surface area contributed by atoms with Crippen molar-refractivity contribution in [2.24, 2.45) is 5.92 Å². The number of piperidine rings is 1. The fourth-order valence-corrected chi connectivity index (χ4v) is 2.52. The van der Waals surface area contributed by atoms with Crippen molar-refractivity contribution in [3.63, 3.8) is 0 Å². The summed E-state index contributed by atoms with van der Waals surface area (Å²) in [6.45, 7) is 4.02. The largest absolute Gasteiger partial charge is 0.339 e. The summed E-state index contributed by atoms with van der Waals surface area (Å²) in [6, 6.07) is 7.19. The molecule has 122 valence electrons. The van der Waals surface area contributed by atoms with Crippen LogP contribution in [0.15, 0.2) is 24.3 Å². The highest BCUT2D eigenvalue weighted by Crippen LogP contribution is 2.22. The van der Waals surface area contributed by atoms with Crippen LogP contribution in [-0.2, 0) is 4.79 Å². The van der Waals surface area contributed by atoms with Crippen molar-refractivity contribution in [1.29, 1.82) is 0 Å². The molecule has 0 radical (unpaired) electrons. The van der Waals surface area contributed by atoms with Crippen LogP contribution in [0.3, 0.4) is 0 Å². The summed E-state index contributed by atoms with van der Waals surface area (Å²) in [5.41, 5.74) is 1.15. The highest BCUT2D eigenvalue weighted by atomic mass is 35.5. The molecular weight excluding hydrogens is 302 g/mol. The number of carbonyl (C=O) groups is 2. The Morgan fingerprint density at radius 2 is 1.86 bits per heavy atom. The first-order valence-electron chi connectivity index (χ1n) is 7.44. The number of carbonyl (C=O) groups excluding carboxylic acids is 2. The normalized spacial score (nSPS) is 15.1. The molecule has 5 nitrogen and oxygen atoms in total. The van der Waals surface area contributed by atoms with Crippen molar-refractivity contribution < 1.29 is 9.59 Å². The van der Waals surface area contributed by atoms with Gasteiger partial charge in [0.05, 0.1) is 17.8 Å². The first-order valence-corrected chi connectivity index (χ1v) is 7.44. The molecule has 1 heterocycles. The van der Waals surface area contributed by atoms with Crippen molar-refractivity contribution in [2.45, 2.75) is 19.8 Å². The maximum Gasteiger partial charge on any atom is 0.255 e. The number of para-hydroxylation sites is 1. The lowest BCUT2D eigenvalue weighted by molar-refractivity contribution is -0.115. The maximum absolute atomic E-state index is 12.6. The molecular formula is C16H24ClN3O2. The summed E-state index contributed by atoms with van der Waals surface area (Å²) in [5, 5.41) is 5.59. The number of hydrogen-bond acceptors (Lipinski definition) is 3. The molecule has 0 aromatic heterocycles. The smallest absolute Gasteiger partial charge is 0.255 e. The van der Waals surface area contributed by atoms with Crippen LogP contribution >= 0.6 is 12.4 Å². The Morgan fingerprint density at radius 1 is 1.23 bits per heavy atom. The average Bonchev–Trinajstić information content (AvgIpc) is 2.48. The number of rotatable bonds is 4. The Morgan fingerprint density at radius 3 is 2.50 bits per heavy atom. The topological polar surface area (TPSA) is 61.4 Å². The highest BCUT2D eigenvalue weighted by Gasteiger charge is 2.23. The lowest BCUT2D eigenvalue weighted by Crippen LogP contribution is -2.38. The van der Waals surface area contributed by atoms with Gasteiger partial charge in [0.25, 0.3) is 5.91 Å². The second-order valence-corrected chi connectivity index (χ2v) is 5.60. The number of benzene rings is 1. The molecule has 1 fully saturated rings. The Hall–Kier alpha value is -1.59. The van der Waals surface area contributed by atoms with Crippen LogP contribution in [-0.4, -0.2) is 43.4 Å². The van der Waals surface area contributed by atoms with E-state index in [1.165, 1.54) is 0 Å². The predicted octanol–water partition coefficient (Wildman–Crippen LogP) is 2.14. The van der Waals surface area contributed by atoms with Gasteiger partial charge in [0.15, 0.2) is 0 Å². The monoisotopic (exact) mass is 325 g/mol. The zero-order valence-corrected chi connectivity index (χ0v) is 13.9. The van der Waals surface area contributed by atoms with Gasteiger partial charge in [0.2, 0.25) is 5.91 Å². The van der Waals surface area contributed by atoms with Crippen molar-refractivity contribution in [3.8, 4) is 0 Å². The maximum atomic E-state index is 12.6. The summed E-state index contributed by atoms with van der Waals surface area (Å²) in [7, 11) is 1.71. The fourth-order valence-electron chi connectivity index (χ4n) is 2.52. The molecule has 0 spiro atoms. The number of likely N-dealkylation sites (N-methyl/N-ethyl adjacent to an activating group) is 1. The van der Waals surface area contributed by atoms with Crippen LogP contribution in [0.1, 0.15) is 30.1 Å². The molecule has 1 aromatic carbocycles. The Kier molecular flexibility index (Phi) is 7.35. The van der Waals surface area contributed by atoms with E-state index in [1.807, 2.05) is 17.0 Å². The summed E-state index contributed by atoms with van der Waals surface area (Å²) in [5.74, 6) is 0.534. The van der Waals surface area contributed by atoms with E-state index in [0.29, 0.717) is 17.2 Å². The molecule has 2 N–H and O–H groups in total. The molecule has 0 bridgehead atoms. The summed E-state index contributed by atoms with van der Waals surface area (Å²) in [4.78, 5) is 26.2. The van der Waals surface area contributed by atoms with E-state index >= 15 is 0 Å². The fraction of sp³-hybridized carbons (Fsp3) is 0.500. The van der Waals surface area contributed by atoms with Gasteiger partial charge in [-0.15, -0.1) is 12.4 Å². The third-order valence-corrected chi connectivity index (χ3v) is 3.84. The molecule has 1 aromatic rings. The highest BCUT2D eigenvalue weighted by molar-refractivity contribution is 6.04. The van der Waals surface area contributed by atoms with Crippen LogP contribution in [0.4, 0.5) is 5.69 Å². The Balaban J connectivity index is 0.00000242. The van der Waals surface area contributed by atoms with E-state index in [9.17, 15) is 9.59 Å². The third-order valence-electron chi connectivity index (χ3n) is 3.84. The molecule has 0 aliphatic carbocycles. The SMILES string of the molecule is CNCC(=O)Nc1ccccc1C(=O)N1CCC(C)CC1.Cl. The molecule has 22 heavy (non-hydrogen) atoms. The van der Waals surface area contributed by atoms with Gasteiger partial charge >= 0.3 is 0 Å². The molecule has 1 aliphatic rings. The van der Waals surface area contributed by atoms with Gasteiger partial charge in [-0.25, -0.2) is 0 Å². The molecule has 1 aliphatic heterocycles. The molecule has 2 amide bonds. The van der Waals surface area contributed by atoms with Gasteiger partial charge in [-0.05, 0) is 37.9 Å². The first kappa shape index (κ1) is 18.5. The quantitative estimate of drug-likeness (QED) is 0.891. The summed E-state index contributed by atoms with van der Waals surface area (Å²) < 4.78 is 0. The van der Waals surface area contributed by atoms with E-state index in [-0.39, 0.29) is 30.8 Å². The number of halogens is 1. The van der Waals surface area contributed by atoms with Crippen LogP contribution < -0.4 is 10.6 Å². The first-order chi connectivity index (χ1) is 10.1. The van der Waals surface area contributed by atoms with E-state index < -0.39 is 0 Å². The Bertz CT molecular complexity index is 514. The molecule has 2 rings (SSSR count). The number of likely N-dealkylation sites (tertiary alicyclic amines) is 1. The minimum atomic E-state index is -0.148. The lowest BCUT2D eigenvalue weighted by atomic mass is 9.98. The second-order valence-electron chi connectivity index (χ2n) is 5.60. The van der Waals surface area contributed by atoms with Gasteiger partial charge in [0.1, 0.15) is 0 Å². The summed E-state index contributed by atoms with van der Waals surface area (Å²) in [6.07, 6.45) is 2.08. The van der Waals surface area contributed by atoms with Gasteiger partial charge in [-0.3, -0.25) is 9.59 Å². The number of amides is 2. The van der Waals surface area contributed by atoms with E-state index in [4.69, 9.17) is 0 Å². The average molecular weight is 326 g/mol. The van der Waals surface area contributed by atoms with Gasteiger partial charge in [0, 0.05) is 13.1 Å². The molecule has 1 saturated heterocycles. The Labute approximate surface area is 137 Å². The van der Waals surface area contributed by atoms with E-state index in [1.54, 1.807) is 19.2 Å². The van der Waals surface area contributed by atoms with Crippen LogP contribution in [0.5, 0.6) is 0 Å². The number of anilines is 1. The zero-order chi connectivity index (χ0) is 15.2. The third kappa shape index (κ3) is 4.71. The number of hydrogen-bond donors (Lipinski definition) is 2. The minimum absolute atomic E-state index is 0. The second kappa shape index (κ2) is 8.76. The van der Waals surface area contributed by atoms with Crippen LogP contribution in [0.2, 0.25) is 0 Å². The molecule has 6 heteroatoms. The summed E-state index contributed by atoms with van der Waals surface area (Å²) >= 11 is 0. The van der Waals surface area contributed by atoms with E-state index in [0.717, 1.165) is 25.9 Å². The zero-order valence-electron chi connectivity index (χ0n) is 13.1. The molecule has 0 saturated carbocycles. The van der Waals surface area contributed by atoms with Crippen molar-refractivity contribution >= 4 is 29.9 Å². The van der Waals surface area contributed by atoms with Crippen molar-refractivity contribution in [1.82, 2.24) is 10.2 Å². The van der Waals surface area contributed by atoms with Crippen molar-refractivity contribution in [3.05, 3.63) is 29.8 Å². The predicted molar refractivity (Wildman–Crippen MR) is 90.5 cm³/mol. The van der Waals surface area contributed by atoms with Crippen LogP contribution in [0, 0.1) is 5.92 Å². The number of nitrogens with one attached hydrogen (secondary N) is 2. The lowest BCUT2D eigenvalue weighted by Gasteiger charge is -2.30. The van der Waals surface area contributed by atoms with E-state index in [2.05, 4.69) is 17.6 Å². The number of nitrogens with zero attached hydrogens (tertiary/aromatic N) is 1. The standard InChI is InChI=1S/C16H23N3O2.ClH/c1-12-7-9-19(10-8-12)16(21)13-5-3-4-6-14(13)18-15(20)11-17-2;/h3-6,12,17H,7-11H2,1-2H3,(H,18,20);1H. The van der Waals surface area contributed by atoms with Crippen LogP contribution in [0.25, 0.3) is 0 Å². The molecule has 0 unspecified atom stereocenters. The van der Waals surface area contributed by atoms with Gasteiger partial charge in [-0.1, -0.05) is 19.1 Å². The minimum Gasteiger partial charge on any atom is -0.339 e.